The first kappa shape index (κ1) is 16.3. The molecule has 0 saturated heterocycles. The van der Waals surface area contributed by atoms with E-state index in [0.29, 0.717) is 11.8 Å². The van der Waals surface area contributed by atoms with E-state index in [-0.39, 0.29) is 28.5 Å². The van der Waals surface area contributed by atoms with Crippen LogP contribution in [0.2, 0.25) is 0 Å². The van der Waals surface area contributed by atoms with E-state index in [1.165, 1.54) is 5.57 Å². The lowest BCUT2D eigenvalue weighted by Crippen LogP contribution is -2.56. The fourth-order valence-corrected chi connectivity index (χ4v) is 5.86. The van der Waals surface area contributed by atoms with Gasteiger partial charge in [0.1, 0.15) is 0 Å². The SMILES string of the molecule is C=C[C@]1(C)C=C2CC[C@H]3C(C)(C)[C@H](O)CC[C@]3(C)[C@H]2C[C@@H]1O. The van der Waals surface area contributed by atoms with Gasteiger partial charge in [-0.25, -0.2) is 0 Å². The van der Waals surface area contributed by atoms with Crippen LogP contribution >= 0.6 is 0 Å². The van der Waals surface area contributed by atoms with Gasteiger partial charge in [-0.2, -0.15) is 0 Å². The van der Waals surface area contributed by atoms with Crippen LogP contribution in [0, 0.1) is 28.1 Å². The van der Waals surface area contributed by atoms with Gasteiger partial charge in [0, 0.05) is 5.41 Å². The lowest BCUT2D eigenvalue weighted by molar-refractivity contribution is -0.133. The van der Waals surface area contributed by atoms with Crippen molar-refractivity contribution in [3.8, 4) is 0 Å². The topological polar surface area (TPSA) is 40.5 Å². The van der Waals surface area contributed by atoms with Crippen LogP contribution in [0.15, 0.2) is 24.3 Å². The van der Waals surface area contributed by atoms with Gasteiger partial charge in [-0.1, -0.05) is 45.4 Å². The van der Waals surface area contributed by atoms with Crippen molar-refractivity contribution < 1.29 is 10.2 Å². The maximum atomic E-state index is 10.7. The molecule has 3 aliphatic rings. The van der Waals surface area contributed by atoms with Crippen LogP contribution < -0.4 is 0 Å². The summed E-state index contributed by atoms with van der Waals surface area (Å²) in [7, 11) is 0. The smallest absolute Gasteiger partial charge is 0.0668 e. The predicted octanol–water partition coefficient (Wildman–Crippen LogP) is 4.08. The minimum Gasteiger partial charge on any atom is -0.393 e. The average Bonchev–Trinajstić information content (AvgIpc) is 2.46. The Kier molecular flexibility index (Phi) is 3.66. The number of fused-ring (bicyclic) bond motifs is 3. The van der Waals surface area contributed by atoms with Crippen LogP contribution in [0.25, 0.3) is 0 Å². The van der Waals surface area contributed by atoms with Crippen LogP contribution in [-0.2, 0) is 0 Å². The van der Waals surface area contributed by atoms with Crippen molar-refractivity contribution in [2.75, 3.05) is 0 Å². The zero-order valence-corrected chi connectivity index (χ0v) is 14.6. The molecule has 0 radical (unpaired) electrons. The monoisotopic (exact) mass is 304 g/mol. The molecule has 3 aliphatic carbocycles. The largest absolute Gasteiger partial charge is 0.393 e. The molecule has 2 fully saturated rings. The van der Waals surface area contributed by atoms with Crippen LogP contribution in [-0.4, -0.2) is 22.4 Å². The Hall–Kier alpha value is -0.600. The number of allylic oxidation sites excluding steroid dienone is 1. The summed E-state index contributed by atoms with van der Waals surface area (Å²) in [6.07, 6.45) is 8.74. The highest BCUT2D eigenvalue weighted by Crippen LogP contribution is 2.63. The molecule has 0 unspecified atom stereocenters. The van der Waals surface area contributed by atoms with Crippen molar-refractivity contribution in [1.29, 1.82) is 0 Å². The number of aliphatic hydroxyl groups excluding tert-OH is 2. The van der Waals surface area contributed by atoms with Crippen molar-refractivity contribution in [2.24, 2.45) is 28.1 Å². The molecule has 124 valence electrons. The van der Waals surface area contributed by atoms with Crippen LogP contribution in [0.5, 0.6) is 0 Å². The standard InChI is InChI=1S/C20H32O2/c1-6-19(4)12-13-7-8-15-18(2,3)16(21)9-10-20(15,5)14(13)11-17(19)22/h6,12,14-17,21-22H,1,7-11H2,2-5H3/t14-,15-,16+,17-,19+,20+/m0/s1. The molecule has 0 heterocycles. The zero-order chi connectivity index (χ0) is 16.3. The molecule has 22 heavy (non-hydrogen) atoms. The summed E-state index contributed by atoms with van der Waals surface area (Å²) in [5.41, 5.74) is 1.43. The summed E-state index contributed by atoms with van der Waals surface area (Å²) in [6, 6.07) is 0. The number of hydrogen-bond donors (Lipinski definition) is 2. The summed E-state index contributed by atoms with van der Waals surface area (Å²) in [5, 5.41) is 21.2. The lowest BCUT2D eigenvalue weighted by Gasteiger charge is -2.61. The summed E-state index contributed by atoms with van der Waals surface area (Å²) in [4.78, 5) is 0. The number of rotatable bonds is 1. The first-order valence-electron chi connectivity index (χ1n) is 8.86. The highest BCUT2D eigenvalue weighted by molar-refractivity contribution is 5.28. The number of aliphatic hydroxyl groups is 2. The van der Waals surface area contributed by atoms with Gasteiger partial charge in [-0.15, -0.1) is 6.58 Å². The summed E-state index contributed by atoms with van der Waals surface area (Å²) in [6.45, 7) is 12.9. The third-order valence-corrected chi connectivity index (χ3v) is 7.59. The van der Waals surface area contributed by atoms with Crippen molar-refractivity contribution in [3.63, 3.8) is 0 Å². The Labute approximate surface area is 135 Å². The predicted molar refractivity (Wildman–Crippen MR) is 90.4 cm³/mol. The highest BCUT2D eigenvalue weighted by Gasteiger charge is 2.57. The van der Waals surface area contributed by atoms with Crippen molar-refractivity contribution in [3.05, 3.63) is 24.3 Å². The molecule has 0 aromatic rings. The summed E-state index contributed by atoms with van der Waals surface area (Å²) < 4.78 is 0. The molecule has 0 amide bonds. The highest BCUT2D eigenvalue weighted by atomic mass is 16.3. The van der Waals surface area contributed by atoms with E-state index < -0.39 is 0 Å². The van der Waals surface area contributed by atoms with Gasteiger partial charge in [0.15, 0.2) is 0 Å². The van der Waals surface area contributed by atoms with Gasteiger partial charge in [0.05, 0.1) is 12.2 Å². The first-order chi connectivity index (χ1) is 10.1. The van der Waals surface area contributed by atoms with E-state index in [9.17, 15) is 10.2 Å². The maximum Gasteiger partial charge on any atom is 0.0668 e. The third-order valence-electron chi connectivity index (χ3n) is 7.59. The normalized spacial score (nSPS) is 50.5. The zero-order valence-electron chi connectivity index (χ0n) is 14.6. The first-order valence-corrected chi connectivity index (χ1v) is 8.86. The van der Waals surface area contributed by atoms with Crippen LogP contribution in [0.3, 0.4) is 0 Å². The van der Waals surface area contributed by atoms with E-state index in [2.05, 4.69) is 40.3 Å². The van der Waals surface area contributed by atoms with Gasteiger partial charge in [0.25, 0.3) is 0 Å². The quantitative estimate of drug-likeness (QED) is 0.717. The molecule has 2 saturated carbocycles. The molecule has 2 N–H and O–H groups in total. The molecule has 2 heteroatoms. The Bertz CT molecular complexity index is 506. The van der Waals surface area contributed by atoms with Crippen LogP contribution in [0.1, 0.15) is 59.8 Å². The van der Waals surface area contributed by atoms with Crippen LogP contribution in [0.4, 0.5) is 0 Å². The molecule has 0 aliphatic heterocycles. The summed E-state index contributed by atoms with van der Waals surface area (Å²) in [5.74, 6) is 0.993. The van der Waals surface area contributed by atoms with E-state index >= 15 is 0 Å². The molecule has 2 nitrogen and oxygen atoms in total. The Morgan fingerprint density at radius 3 is 2.45 bits per heavy atom. The fourth-order valence-electron chi connectivity index (χ4n) is 5.86. The van der Waals surface area contributed by atoms with E-state index in [0.717, 1.165) is 32.1 Å². The minimum absolute atomic E-state index is 0.0251. The van der Waals surface area contributed by atoms with Gasteiger partial charge in [0.2, 0.25) is 0 Å². The molecule has 0 aromatic heterocycles. The second kappa shape index (κ2) is 4.95. The second-order valence-electron chi connectivity index (χ2n) is 9.07. The fraction of sp³-hybridized carbons (Fsp3) is 0.800. The van der Waals surface area contributed by atoms with Crippen molar-refractivity contribution in [2.45, 2.75) is 72.0 Å². The molecular weight excluding hydrogens is 272 g/mol. The summed E-state index contributed by atoms with van der Waals surface area (Å²) >= 11 is 0. The Morgan fingerprint density at radius 2 is 1.82 bits per heavy atom. The Morgan fingerprint density at radius 1 is 1.14 bits per heavy atom. The molecule has 0 bridgehead atoms. The van der Waals surface area contributed by atoms with Gasteiger partial charge in [-0.3, -0.25) is 0 Å². The Balaban J connectivity index is 2.01. The molecule has 0 aromatic carbocycles. The van der Waals surface area contributed by atoms with Gasteiger partial charge >= 0.3 is 0 Å². The third kappa shape index (κ3) is 2.06. The maximum absolute atomic E-state index is 10.7. The average molecular weight is 304 g/mol. The minimum atomic E-state index is -0.343. The molecule has 0 spiro atoms. The number of hydrogen-bond acceptors (Lipinski definition) is 2. The molecule has 6 atom stereocenters. The molecule has 3 rings (SSSR count). The van der Waals surface area contributed by atoms with Crippen molar-refractivity contribution >= 4 is 0 Å². The second-order valence-corrected chi connectivity index (χ2v) is 9.07. The van der Waals surface area contributed by atoms with E-state index in [4.69, 9.17) is 0 Å². The van der Waals surface area contributed by atoms with Crippen molar-refractivity contribution in [1.82, 2.24) is 0 Å². The lowest BCUT2D eigenvalue weighted by atomic mass is 9.44. The van der Waals surface area contributed by atoms with E-state index in [1.807, 2.05) is 6.08 Å². The van der Waals surface area contributed by atoms with Gasteiger partial charge in [-0.05, 0) is 54.8 Å². The van der Waals surface area contributed by atoms with E-state index in [1.54, 1.807) is 0 Å². The molecular formula is C20H32O2. The van der Waals surface area contributed by atoms with Gasteiger partial charge < -0.3 is 10.2 Å².